The molecule has 2 aliphatic rings. The Bertz CT molecular complexity index is 526. The van der Waals surface area contributed by atoms with Crippen LogP contribution in [0.4, 0.5) is 0 Å². The van der Waals surface area contributed by atoms with Crippen LogP contribution >= 0.6 is 0 Å². The van der Waals surface area contributed by atoms with Gasteiger partial charge in [0.2, 0.25) is 0 Å². The van der Waals surface area contributed by atoms with Crippen LogP contribution in [0.3, 0.4) is 0 Å². The highest BCUT2D eigenvalue weighted by Crippen LogP contribution is 2.30. The van der Waals surface area contributed by atoms with Gasteiger partial charge in [0.15, 0.2) is 18.5 Å². The number of rotatable bonds is 5. The van der Waals surface area contributed by atoms with Gasteiger partial charge in [-0.1, -0.05) is 0 Å². The highest BCUT2D eigenvalue weighted by atomic mass is 16.7. The molecule has 0 radical (unpaired) electrons. The van der Waals surface area contributed by atoms with E-state index in [2.05, 4.69) is 0 Å². The largest absolute Gasteiger partial charge is 0.479 e. The molecule has 6 N–H and O–H groups in total. The van der Waals surface area contributed by atoms with E-state index in [1.165, 1.54) is 6.92 Å². The fraction of sp³-hybridized carbons (Fsp3) is 0.857. The lowest BCUT2D eigenvalue weighted by Gasteiger charge is -2.45. The van der Waals surface area contributed by atoms with Crippen LogP contribution in [-0.2, 0) is 28.5 Å². The third-order valence-electron chi connectivity index (χ3n) is 4.42. The first-order valence-corrected chi connectivity index (χ1v) is 7.77. The number of aliphatic carboxylic acids is 2. The van der Waals surface area contributed by atoms with Crippen LogP contribution in [0.25, 0.3) is 0 Å². The molecule has 0 amide bonds. The average Bonchev–Trinajstić information content (AvgIpc) is 2.58. The molecule has 4 unspecified atom stereocenters. The van der Waals surface area contributed by atoms with E-state index in [-0.39, 0.29) is 0 Å². The molecule has 0 aromatic rings. The first-order valence-electron chi connectivity index (χ1n) is 7.77. The molecule has 0 aliphatic carbocycles. The molecular formula is C14H22O12. The maximum Gasteiger partial charge on any atom is 0.335 e. The van der Waals surface area contributed by atoms with E-state index in [0.29, 0.717) is 0 Å². The number of carboxylic acids is 2. The van der Waals surface area contributed by atoms with Gasteiger partial charge in [0.05, 0.1) is 6.10 Å². The standard InChI is InChI=1S/C14H22O12/c1-3-4(15)5(16)9(11(24-3)13(21)22)25-14-7(18)6(17)8(23-2)10(26-14)12(19)20/h3-11,14-18H,1-2H3,(H,19,20)(H,21,22)/t3-,4?,5?,6?,7?,8-,9-,10-,11+,14-/m0/s1. The topological polar surface area (TPSA) is 192 Å². The van der Waals surface area contributed by atoms with Gasteiger partial charge in [-0.05, 0) is 6.92 Å². The molecule has 2 heterocycles. The molecule has 0 aromatic heterocycles. The zero-order chi connectivity index (χ0) is 19.8. The summed E-state index contributed by atoms with van der Waals surface area (Å²) in [7, 11) is 1.11. The summed E-state index contributed by atoms with van der Waals surface area (Å²) in [5.74, 6) is -3.02. The van der Waals surface area contributed by atoms with Crippen LogP contribution in [0.2, 0.25) is 0 Å². The van der Waals surface area contributed by atoms with Crippen LogP contribution in [0.1, 0.15) is 6.92 Å². The van der Waals surface area contributed by atoms with E-state index < -0.39 is 73.2 Å². The van der Waals surface area contributed by atoms with Crippen LogP contribution in [0, 0.1) is 0 Å². The Hall–Kier alpha value is -1.38. The third-order valence-corrected chi connectivity index (χ3v) is 4.42. The normalized spacial score (nSPS) is 46.7. The van der Waals surface area contributed by atoms with Gasteiger partial charge in [0, 0.05) is 7.11 Å². The van der Waals surface area contributed by atoms with Crippen LogP contribution in [0.15, 0.2) is 0 Å². The molecule has 26 heavy (non-hydrogen) atoms. The number of methoxy groups -OCH3 is 1. The Morgan fingerprint density at radius 2 is 1.31 bits per heavy atom. The van der Waals surface area contributed by atoms with Crippen molar-refractivity contribution in [3.63, 3.8) is 0 Å². The zero-order valence-electron chi connectivity index (χ0n) is 13.9. The van der Waals surface area contributed by atoms with Crippen LogP contribution < -0.4 is 0 Å². The second kappa shape index (κ2) is 8.10. The molecule has 0 saturated carbocycles. The summed E-state index contributed by atoms with van der Waals surface area (Å²) in [4.78, 5) is 22.6. The molecule has 0 spiro atoms. The molecule has 12 heteroatoms. The highest BCUT2D eigenvalue weighted by molar-refractivity contribution is 5.74. The van der Waals surface area contributed by atoms with Gasteiger partial charge in [0.25, 0.3) is 0 Å². The number of ether oxygens (including phenoxy) is 4. The Balaban J connectivity index is 2.23. The zero-order valence-corrected chi connectivity index (χ0v) is 13.9. The summed E-state index contributed by atoms with van der Waals surface area (Å²) in [6.07, 6.45) is -16.1. The van der Waals surface area contributed by atoms with Gasteiger partial charge in [-0.3, -0.25) is 0 Å². The summed E-state index contributed by atoms with van der Waals surface area (Å²) in [6, 6.07) is 0. The van der Waals surface area contributed by atoms with E-state index >= 15 is 0 Å². The number of carboxylic acid groups (broad SMARTS) is 2. The van der Waals surface area contributed by atoms with Crippen molar-refractivity contribution in [2.45, 2.75) is 68.1 Å². The van der Waals surface area contributed by atoms with Gasteiger partial charge in [-0.25, -0.2) is 9.59 Å². The molecule has 2 rings (SSSR count). The van der Waals surface area contributed by atoms with Crippen molar-refractivity contribution in [3.8, 4) is 0 Å². The van der Waals surface area contributed by atoms with E-state index in [4.69, 9.17) is 18.9 Å². The summed E-state index contributed by atoms with van der Waals surface area (Å²) >= 11 is 0. The Labute approximate surface area is 147 Å². The van der Waals surface area contributed by atoms with Crippen molar-refractivity contribution in [2.24, 2.45) is 0 Å². The van der Waals surface area contributed by atoms with E-state index in [0.717, 1.165) is 7.11 Å². The van der Waals surface area contributed by atoms with Crippen molar-refractivity contribution >= 4 is 11.9 Å². The molecule has 0 aromatic carbocycles. The predicted molar refractivity (Wildman–Crippen MR) is 78.0 cm³/mol. The lowest BCUT2D eigenvalue weighted by molar-refractivity contribution is -0.334. The van der Waals surface area contributed by atoms with Crippen molar-refractivity contribution in [1.82, 2.24) is 0 Å². The number of hydrogen-bond acceptors (Lipinski definition) is 10. The van der Waals surface area contributed by atoms with Crippen molar-refractivity contribution in [3.05, 3.63) is 0 Å². The Morgan fingerprint density at radius 3 is 1.81 bits per heavy atom. The van der Waals surface area contributed by atoms with Gasteiger partial charge >= 0.3 is 11.9 Å². The Morgan fingerprint density at radius 1 is 0.808 bits per heavy atom. The third kappa shape index (κ3) is 3.82. The second-order valence-electron chi connectivity index (χ2n) is 6.13. The highest BCUT2D eigenvalue weighted by Gasteiger charge is 2.53. The number of aliphatic hydroxyl groups excluding tert-OH is 4. The quantitative estimate of drug-likeness (QED) is 0.275. The molecule has 10 atom stereocenters. The minimum atomic E-state index is -1.82. The molecule has 2 aliphatic heterocycles. The molecule has 0 bridgehead atoms. The summed E-state index contributed by atoms with van der Waals surface area (Å²) in [5, 5.41) is 58.5. The summed E-state index contributed by atoms with van der Waals surface area (Å²) < 4.78 is 20.2. The molecule has 2 fully saturated rings. The lowest BCUT2D eigenvalue weighted by Crippen LogP contribution is -2.65. The summed E-state index contributed by atoms with van der Waals surface area (Å²) in [6.45, 7) is 1.35. The first-order chi connectivity index (χ1) is 12.1. The van der Waals surface area contributed by atoms with E-state index in [1.807, 2.05) is 0 Å². The average molecular weight is 382 g/mol. The van der Waals surface area contributed by atoms with Gasteiger partial charge in [-0.2, -0.15) is 0 Å². The van der Waals surface area contributed by atoms with Gasteiger partial charge in [0.1, 0.15) is 36.6 Å². The predicted octanol–water partition coefficient (Wildman–Crippen LogP) is -3.49. The number of aliphatic hydroxyl groups is 4. The van der Waals surface area contributed by atoms with Crippen LogP contribution in [0.5, 0.6) is 0 Å². The van der Waals surface area contributed by atoms with Crippen molar-refractivity contribution in [2.75, 3.05) is 7.11 Å². The first kappa shape index (κ1) is 20.9. The number of carbonyl (C=O) groups is 2. The SMILES string of the molecule is CO[C@H]1C(O)C(O)[C@@H](O[C@H]2C(O)C(O)[C@H](C)O[C@H]2C(=O)O)O[C@@H]1C(=O)O. The second-order valence-corrected chi connectivity index (χ2v) is 6.13. The fourth-order valence-electron chi connectivity index (χ4n) is 2.96. The number of hydrogen-bond donors (Lipinski definition) is 6. The molecule has 150 valence electrons. The van der Waals surface area contributed by atoms with E-state index in [1.54, 1.807) is 0 Å². The molecular weight excluding hydrogens is 360 g/mol. The lowest BCUT2D eigenvalue weighted by atomic mass is 9.94. The molecule has 12 nitrogen and oxygen atoms in total. The van der Waals surface area contributed by atoms with Crippen molar-refractivity contribution in [1.29, 1.82) is 0 Å². The summed E-state index contributed by atoms with van der Waals surface area (Å²) in [5.41, 5.74) is 0. The van der Waals surface area contributed by atoms with Gasteiger partial charge < -0.3 is 49.6 Å². The van der Waals surface area contributed by atoms with Gasteiger partial charge in [-0.15, -0.1) is 0 Å². The monoisotopic (exact) mass is 382 g/mol. The smallest absolute Gasteiger partial charge is 0.335 e. The maximum atomic E-state index is 11.4. The fourth-order valence-corrected chi connectivity index (χ4v) is 2.96. The van der Waals surface area contributed by atoms with Crippen LogP contribution in [-0.4, -0.2) is 111 Å². The minimum Gasteiger partial charge on any atom is -0.479 e. The molecule has 2 saturated heterocycles. The van der Waals surface area contributed by atoms with Crippen molar-refractivity contribution < 1.29 is 59.2 Å². The minimum absolute atomic E-state index is 1.02. The maximum absolute atomic E-state index is 11.4. The van der Waals surface area contributed by atoms with E-state index in [9.17, 15) is 40.2 Å². The Kier molecular flexibility index (Phi) is 6.52.